The summed E-state index contributed by atoms with van der Waals surface area (Å²) in [7, 11) is -1.99. The van der Waals surface area contributed by atoms with Gasteiger partial charge in [-0.05, 0) is 24.2 Å². The van der Waals surface area contributed by atoms with Crippen LogP contribution in [0.2, 0.25) is 0 Å². The second-order valence-electron chi connectivity index (χ2n) is 3.89. The van der Waals surface area contributed by atoms with Gasteiger partial charge in [0, 0.05) is 13.6 Å². The van der Waals surface area contributed by atoms with Crippen molar-refractivity contribution >= 4 is 10.0 Å². The number of nitrogens with zero attached hydrogens (tertiary/aromatic N) is 1. The minimum absolute atomic E-state index is 0.0709. The van der Waals surface area contributed by atoms with E-state index in [1.54, 1.807) is 24.3 Å². The number of rotatable bonds is 6. The Morgan fingerprint density at radius 3 is 2.44 bits per heavy atom. The van der Waals surface area contributed by atoms with Crippen LogP contribution in [0.3, 0.4) is 0 Å². The van der Waals surface area contributed by atoms with Crippen LogP contribution >= 0.6 is 0 Å². The van der Waals surface area contributed by atoms with Crippen LogP contribution in [0.4, 0.5) is 0 Å². The predicted octanol–water partition coefficient (Wildman–Crippen LogP) is 1.05. The molecule has 0 bridgehead atoms. The summed E-state index contributed by atoms with van der Waals surface area (Å²) in [5, 5.41) is 3.18. The second kappa shape index (κ2) is 6.55. The summed E-state index contributed by atoms with van der Waals surface area (Å²) in [5.74, 6) is 2.32. The van der Waals surface area contributed by atoms with Gasteiger partial charge in [0.15, 0.2) is 0 Å². The van der Waals surface area contributed by atoms with E-state index in [1.165, 1.54) is 7.05 Å². The lowest BCUT2D eigenvalue weighted by Crippen LogP contribution is -2.27. The topological polar surface area (TPSA) is 49.4 Å². The van der Waals surface area contributed by atoms with Gasteiger partial charge in [-0.1, -0.05) is 25.0 Å². The summed E-state index contributed by atoms with van der Waals surface area (Å²) in [5.41, 5.74) is 1.05. The Morgan fingerprint density at radius 1 is 1.33 bits per heavy atom. The largest absolute Gasteiger partial charge is 0.313 e. The molecule has 1 aromatic rings. The zero-order valence-electron chi connectivity index (χ0n) is 10.7. The molecule has 0 atom stereocenters. The summed E-state index contributed by atoms with van der Waals surface area (Å²) in [6.45, 7) is 3.71. The van der Waals surface area contributed by atoms with Gasteiger partial charge in [0.2, 0.25) is 10.0 Å². The lowest BCUT2D eigenvalue weighted by Gasteiger charge is -2.14. The van der Waals surface area contributed by atoms with Gasteiger partial charge >= 0.3 is 0 Å². The lowest BCUT2D eigenvalue weighted by atomic mass is 10.2. The van der Waals surface area contributed by atoms with E-state index in [-0.39, 0.29) is 11.4 Å². The number of hydrogen-bond acceptors (Lipinski definition) is 3. The lowest BCUT2D eigenvalue weighted by molar-refractivity contribution is 0.503. The number of benzene rings is 1. The maximum atomic E-state index is 12.1. The van der Waals surface area contributed by atoms with Gasteiger partial charge in [0.1, 0.15) is 0 Å². The molecule has 0 spiro atoms. The minimum Gasteiger partial charge on any atom is -0.313 e. The number of terminal acetylenes is 1. The summed E-state index contributed by atoms with van der Waals surface area (Å²) in [6.07, 6.45) is 5.12. The first-order valence-electron chi connectivity index (χ1n) is 5.71. The van der Waals surface area contributed by atoms with Crippen LogP contribution in [0.25, 0.3) is 0 Å². The van der Waals surface area contributed by atoms with E-state index in [4.69, 9.17) is 6.42 Å². The number of sulfonamides is 1. The highest BCUT2D eigenvalue weighted by Crippen LogP contribution is 2.14. The fraction of sp³-hybridized carbons (Fsp3) is 0.385. The highest BCUT2D eigenvalue weighted by Gasteiger charge is 2.19. The van der Waals surface area contributed by atoms with E-state index >= 15 is 0 Å². The molecule has 0 unspecified atom stereocenters. The van der Waals surface area contributed by atoms with Crippen molar-refractivity contribution in [2.45, 2.75) is 18.4 Å². The Labute approximate surface area is 109 Å². The molecular formula is C13H18N2O2S. The molecule has 0 radical (unpaired) electrons. The van der Waals surface area contributed by atoms with Crippen LogP contribution in [0.5, 0.6) is 0 Å². The molecule has 1 N–H and O–H groups in total. The molecule has 5 heteroatoms. The maximum Gasteiger partial charge on any atom is 0.243 e. The van der Waals surface area contributed by atoms with Crippen molar-refractivity contribution in [1.82, 2.24) is 9.62 Å². The van der Waals surface area contributed by atoms with Crippen molar-refractivity contribution in [2.24, 2.45) is 0 Å². The van der Waals surface area contributed by atoms with Crippen LogP contribution in [-0.2, 0) is 16.6 Å². The van der Waals surface area contributed by atoms with Crippen LogP contribution in [-0.4, -0.2) is 32.9 Å². The summed E-state index contributed by atoms with van der Waals surface area (Å²) in [6, 6.07) is 6.82. The molecular weight excluding hydrogens is 248 g/mol. The van der Waals surface area contributed by atoms with Crippen LogP contribution in [0.15, 0.2) is 29.2 Å². The van der Waals surface area contributed by atoms with Crippen molar-refractivity contribution in [3.05, 3.63) is 29.8 Å². The first-order chi connectivity index (χ1) is 8.52. The van der Waals surface area contributed by atoms with Gasteiger partial charge in [-0.25, -0.2) is 8.42 Å². The Morgan fingerprint density at radius 2 is 1.94 bits per heavy atom. The molecule has 98 valence electrons. The van der Waals surface area contributed by atoms with E-state index in [0.717, 1.165) is 23.0 Å². The molecule has 0 saturated heterocycles. The molecule has 4 nitrogen and oxygen atoms in total. The van der Waals surface area contributed by atoms with Gasteiger partial charge in [-0.3, -0.25) is 0 Å². The van der Waals surface area contributed by atoms with Gasteiger partial charge < -0.3 is 5.32 Å². The molecule has 0 aliphatic heterocycles. The third kappa shape index (κ3) is 3.57. The minimum atomic E-state index is -3.47. The highest BCUT2D eigenvalue weighted by molar-refractivity contribution is 7.89. The van der Waals surface area contributed by atoms with Crippen molar-refractivity contribution in [2.75, 3.05) is 20.1 Å². The quantitative estimate of drug-likeness (QED) is 0.783. The van der Waals surface area contributed by atoms with Crippen molar-refractivity contribution in [1.29, 1.82) is 0 Å². The molecule has 0 saturated carbocycles. The fourth-order valence-electron chi connectivity index (χ4n) is 1.44. The maximum absolute atomic E-state index is 12.1. The van der Waals surface area contributed by atoms with Crippen molar-refractivity contribution in [3.8, 4) is 12.3 Å². The Hall–Kier alpha value is -1.35. The smallest absolute Gasteiger partial charge is 0.243 e. The van der Waals surface area contributed by atoms with Crippen molar-refractivity contribution < 1.29 is 8.42 Å². The van der Waals surface area contributed by atoms with Crippen molar-refractivity contribution in [3.63, 3.8) is 0 Å². The second-order valence-corrected chi connectivity index (χ2v) is 5.93. The third-order valence-corrected chi connectivity index (χ3v) is 4.34. The molecule has 0 aliphatic rings. The van der Waals surface area contributed by atoms with Gasteiger partial charge in [-0.15, -0.1) is 6.42 Å². The molecule has 18 heavy (non-hydrogen) atoms. The van der Waals surface area contributed by atoms with Crippen LogP contribution in [0.1, 0.15) is 12.5 Å². The van der Waals surface area contributed by atoms with E-state index in [9.17, 15) is 8.42 Å². The first-order valence-corrected chi connectivity index (χ1v) is 7.15. The Bertz CT molecular complexity index is 515. The molecule has 0 fully saturated rings. The average Bonchev–Trinajstić information content (AvgIpc) is 2.37. The predicted molar refractivity (Wildman–Crippen MR) is 72.5 cm³/mol. The van der Waals surface area contributed by atoms with E-state index < -0.39 is 10.0 Å². The Kier molecular flexibility index (Phi) is 5.35. The third-order valence-electron chi connectivity index (χ3n) is 2.52. The highest BCUT2D eigenvalue weighted by atomic mass is 32.2. The number of nitrogens with one attached hydrogen (secondary N) is 1. The molecule has 0 heterocycles. The van der Waals surface area contributed by atoms with E-state index in [2.05, 4.69) is 11.2 Å². The van der Waals surface area contributed by atoms with E-state index in [0.29, 0.717) is 0 Å². The summed E-state index contributed by atoms with van der Waals surface area (Å²) >= 11 is 0. The normalized spacial score (nSPS) is 11.4. The standard InChI is InChI=1S/C13H18N2O2S/c1-4-10-15(3)18(16,17)13-8-6-12(7-9-13)11-14-5-2/h1,6-9,14H,5,10-11H2,2-3H3. The van der Waals surface area contributed by atoms with Gasteiger partial charge in [-0.2, -0.15) is 4.31 Å². The molecule has 0 aromatic heterocycles. The summed E-state index contributed by atoms with van der Waals surface area (Å²) < 4.78 is 25.3. The zero-order chi connectivity index (χ0) is 13.6. The van der Waals surface area contributed by atoms with Gasteiger partial charge in [0.05, 0.1) is 11.4 Å². The van der Waals surface area contributed by atoms with Crippen LogP contribution < -0.4 is 5.32 Å². The molecule has 1 rings (SSSR count). The average molecular weight is 266 g/mol. The SMILES string of the molecule is C#CCN(C)S(=O)(=O)c1ccc(CNCC)cc1. The Balaban J connectivity index is 2.88. The number of hydrogen-bond donors (Lipinski definition) is 1. The zero-order valence-corrected chi connectivity index (χ0v) is 11.5. The monoisotopic (exact) mass is 266 g/mol. The van der Waals surface area contributed by atoms with Gasteiger partial charge in [0.25, 0.3) is 0 Å². The molecule has 0 amide bonds. The van der Waals surface area contributed by atoms with E-state index in [1.807, 2.05) is 6.92 Å². The molecule has 0 aliphatic carbocycles. The first kappa shape index (κ1) is 14.7. The van der Waals surface area contributed by atoms with Crippen LogP contribution in [0, 0.1) is 12.3 Å². The fourth-order valence-corrected chi connectivity index (χ4v) is 2.53. The summed E-state index contributed by atoms with van der Waals surface area (Å²) in [4.78, 5) is 0.264. The molecule has 1 aromatic carbocycles.